The normalized spacial score (nSPS) is 23.1. The van der Waals surface area contributed by atoms with E-state index in [0.717, 1.165) is 56.5 Å². The number of rotatable bonds is 4. The Morgan fingerprint density at radius 2 is 1.96 bits per heavy atom. The molecule has 3 heterocycles. The molecule has 2 aliphatic heterocycles. The van der Waals surface area contributed by atoms with Gasteiger partial charge in [0.1, 0.15) is 5.82 Å². The smallest absolute Gasteiger partial charge is 0.236 e. The van der Waals surface area contributed by atoms with E-state index in [1.807, 2.05) is 0 Å². The van der Waals surface area contributed by atoms with Gasteiger partial charge in [-0.25, -0.2) is 4.98 Å². The molecule has 0 bridgehead atoms. The lowest BCUT2D eigenvalue weighted by atomic mass is 10.0. The van der Waals surface area contributed by atoms with E-state index in [1.165, 1.54) is 18.0 Å². The molecule has 3 rings (SSSR count). The topological polar surface area (TPSA) is 52.6 Å². The molecule has 7 heteroatoms. The molecule has 2 saturated heterocycles. The Morgan fingerprint density at radius 1 is 1.21 bits per heavy atom. The molecule has 2 aliphatic rings. The van der Waals surface area contributed by atoms with Crippen molar-refractivity contribution in [3.8, 4) is 0 Å². The Labute approximate surface area is 149 Å². The van der Waals surface area contributed by atoms with E-state index in [1.54, 1.807) is 0 Å². The third-order valence-corrected chi connectivity index (χ3v) is 5.86. The van der Waals surface area contributed by atoms with Crippen molar-refractivity contribution in [1.82, 2.24) is 19.2 Å². The largest absolute Gasteiger partial charge is 0.344 e. The molecule has 0 aliphatic carbocycles. The number of hydrogen-bond acceptors (Lipinski definition) is 6. The lowest BCUT2D eigenvalue weighted by Gasteiger charge is -2.37. The van der Waals surface area contributed by atoms with E-state index in [9.17, 15) is 4.79 Å². The maximum absolute atomic E-state index is 12.6. The summed E-state index contributed by atoms with van der Waals surface area (Å²) < 4.78 is 4.44. The first-order valence-corrected chi connectivity index (χ1v) is 9.92. The molecule has 1 aromatic rings. The minimum atomic E-state index is 0.300. The van der Waals surface area contributed by atoms with Gasteiger partial charge in [-0.3, -0.25) is 9.69 Å². The van der Waals surface area contributed by atoms with Crippen LogP contribution in [0.2, 0.25) is 0 Å². The van der Waals surface area contributed by atoms with Crippen LogP contribution in [0.1, 0.15) is 51.8 Å². The average Bonchev–Trinajstić information content (AvgIpc) is 3.06. The summed E-state index contributed by atoms with van der Waals surface area (Å²) in [5.41, 5.74) is 0. The maximum atomic E-state index is 12.6. The first kappa shape index (κ1) is 17.6. The molecule has 0 unspecified atom stereocenters. The monoisotopic (exact) mass is 351 g/mol. The Balaban J connectivity index is 1.48. The number of aromatic nitrogens is 2. The third-order valence-electron chi connectivity index (χ3n) is 5.07. The number of amides is 1. The third kappa shape index (κ3) is 4.06. The van der Waals surface area contributed by atoms with Crippen molar-refractivity contribution in [2.75, 3.05) is 44.2 Å². The molecule has 0 aromatic carbocycles. The summed E-state index contributed by atoms with van der Waals surface area (Å²) in [5.74, 6) is 1.61. The summed E-state index contributed by atoms with van der Waals surface area (Å²) in [4.78, 5) is 23.9. The van der Waals surface area contributed by atoms with E-state index in [-0.39, 0.29) is 0 Å². The minimum absolute atomic E-state index is 0.300. The van der Waals surface area contributed by atoms with E-state index >= 15 is 0 Å². The quantitative estimate of drug-likeness (QED) is 0.832. The highest BCUT2D eigenvalue weighted by atomic mass is 32.1. The summed E-state index contributed by atoms with van der Waals surface area (Å²) in [7, 11) is 0. The Hall–Kier alpha value is -1.21. The van der Waals surface area contributed by atoms with Gasteiger partial charge in [-0.05, 0) is 26.2 Å². The highest BCUT2D eigenvalue weighted by molar-refractivity contribution is 7.09. The fraction of sp³-hybridized carbons (Fsp3) is 0.824. The van der Waals surface area contributed by atoms with Crippen LogP contribution in [0.4, 0.5) is 5.13 Å². The van der Waals surface area contributed by atoms with E-state index in [4.69, 9.17) is 0 Å². The predicted molar refractivity (Wildman–Crippen MR) is 97.7 cm³/mol. The van der Waals surface area contributed by atoms with Crippen LogP contribution in [-0.4, -0.2) is 70.4 Å². The lowest BCUT2D eigenvalue weighted by molar-refractivity contribution is -0.135. The fourth-order valence-corrected chi connectivity index (χ4v) is 4.30. The van der Waals surface area contributed by atoms with E-state index in [0.29, 0.717) is 24.4 Å². The lowest BCUT2D eigenvalue weighted by Crippen LogP contribution is -2.52. The Kier molecular flexibility index (Phi) is 5.71. The van der Waals surface area contributed by atoms with Crippen LogP contribution in [0, 0.1) is 0 Å². The van der Waals surface area contributed by atoms with Crippen LogP contribution in [0.25, 0.3) is 0 Å². The zero-order valence-corrected chi connectivity index (χ0v) is 15.9. The van der Waals surface area contributed by atoms with Crippen molar-refractivity contribution in [1.29, 1.82) is 0 Å². The second-order valence-corrected chi connectivity index (χ2v) is 8.02. The van der Waals surface area contributed by atoms with Gasteiger partial charge in [-0.15, -0.1) is 0 Å². The van der Waals surface area contributed by atoms with E-state index < -0.39 is 0 Å². The summed E-state index contributed by atoms with van der Waals surface area (Å²) in [6.07, 6.45) is 3.55. The first-order chi connectivity index (χ1) is 11.5. The van der Waals surface area contributed by atoms with Gasteiger partial charge in [0, 0.05) is 56.2 Å². The van der Waals surface area contributed by atoms with Gasteiger partial charge < -0.3 is 9.80 Å². The van der Waals surface area contributed by atoms with Crippen LogP contribution >= 0.6 is 11.5 Å². The Bertz CT molecular complexity index is 553. The summed E-state index contributed by atoms with van der Waals surface area (Å²) in [6, 6.07) is 0.406. The molecule has 0 saturated carbocycles. The van der Waals surface area contributed by atoms with Crippen molar-refractivity contribution in [2.24, 2.45) is 0 Å². The number of piperazine rings is 1. The second kappa shape index (κ2) is 7.78. The van der Waals surface area contributed by atoms with Crippen molar-refractivity contribution in [2.45, 2.75) is 52.0 Å². The molecule has 0 radical (unpaired) electrons. The average molecular weight is 352 g/mol. The van der Waals surface area contributed by atoms with Gasteiger partial charge in [0.05, 0.1) is 6.54 Å². The summed E-state index contributed by atoms with van der Waals surface area (Å²) in [5, 5.41) is 1.02. The number of anilines is 1. The van der Waals surface area contributed by atoms with Gasteiger partial charge in [-0.1, -0.05) is 13.8 Å². The van der Waals surface area contributed by atoms with Crippen LogP contribution < -0.4 is 4.90 Å². The van der Waals surface area contributed by atoms with Crippen LogP contribution in [0.5, 0.6) is 0 Å². The van der Waals surface area contributed by atoms with Gasteiger partial charge in [0.15, 0.2) is 0 Å². The molecular formula is C17H29N5OS. The highest BCUT2D eigenvalue weighted by Gasteiger charge is 2.27. The molecule has 0 N–H and O–H groups in total. The number of carbonyl (C=O) groups is 1. The van der Waals surface area contributed by atoms with Crippen LogP contribution in [-0.2, 0) is 4.79 Å². The molecule has 134 valence electrons. The van der Waals surface area contributed by atoms with Crippen molar-refractivity contribution in [3.05, 3.63) is 5.82 Å². The second-order valence-electron chi connectivity index (χ2n) is 7.28. The molecular weight excluding hydrogens is 322 g/mol. The molecule has 1 amide bonds. The fourth-order valence-electron chi connectivity index (χ4n) is 3.44. The van der Waals surface area contributed by atoms with Gasteiger partial charge in [-0.2, -0.15) is 4.37 Å². The predicted octanol–water partition coefficient (Wildman–Crippen LogP) is 2.18. The Morgan fingerprint density at radius 3 is 2.58 bits per heavy atom. The summed E-state index contributed by atoms with van der Waals surface area (Å²) in [6.45, 7) is 11.6. The minimum Gasteiger partial charge on any atom is -0.344 e. The number of hydrogen-bond donors (Lipinski definition) is 0. The maximum Gasteiger partial charge on any atom is 0.236 e. The number of nitrogens with zero attached hydrogens (tertiary/aromatic N) is 5. The molecule has 1 aromatic heterocycles. The van der Waals surface area contributed by atoms with Gasteiger partial charge >= 0.3 is 0 Å². The molecule has 1 atom stereocenters. The molecule has 24 heavy (non-hydrogen) atoms. The summed E-state index contributed by atoms with van der Waals surface area (Å²) >= 11 is 1.49. The van der Waals surface area contributed by atoms with Gasteiger partial charge in [0.2, 0.25) is 11.0 Å². The molecule has 0 spiro atoms. The van der Waals surface area contributed by atoms with Crippen molar-refractivity contribution < 1.29 is 4.79 Å². The number of carbonyl (C=O) groups excluding carboxylic acids is 1. The van der Waals surface area contributed by atoms with Crippen LogP contribution in [0.15, 0.2) is 0 Å². The SMILES string of the molecule is CC(C)c1nsc(N2CCN(CC(=O)N3CCCC[C@H]3C)CC2)n1. The standard InChI is InChI=1S/C17H29N5OS/c1-13(2)16-18-17(24-19-16)21-10-8-20(9-11-21)12-15(23)22-7-5-4-6-14(22)3/h13-14H,4-12H2,1-3H3/t14-/m1/s1. The number of piperidine rings is 1. The van der Waals surface area contributed by atoms with Gasteiger partial charge in [0.25, 0.3) is 0 Å². The van der Waals surface area contributed by atoms with Crippen molar-refractivity contribution >= 4 is 22.6 Å². The number of likely N-dealkylation sites (tertiary alicyclic amines) is 1. The van der Waals surface area contributed by atoms with Crippen LogP contribution in [0.3, 0.4) is 0 Å². The zero-order valence-electron chi connectivity index (χ0n) is 15.1. The highest BCUT2D eigenvalue weighted by Crippen LogP contribution is 2.22. The van der Waals surface area contributed by atoms with E-state index in [2.05, 4.69) is 44.8 Å². The first-order valence-electron chi connectivity index (χ1n) is 9.15. The molecule has 2 fully saturated rings. The van der Waals surface area contributed by atoms with Crippen molar-refractivity contribution in [3.63, 3.8) is 0 Å². The zero-order chi connectivity index (χ0) is 17.1. The molecule has 6 nitrogen and oxygen atoms in total.